The Labute approximate surface area is 155 Å². The van der Waals surface area contributed by atoms with Crippen LogP contribution < -0.4 is 10.5 Å². The van der Waals surface area contributed by atoms with E-state index in [-0.39, 0.29) is 11.8 Å². The van der Waals surface area contributed by atoms with Crippen molar-refractivity contribution >= 4 is 39.2 Å². The van der Waals surface area contributed by atoms with Crippen LogP contribution in [0.4, 0.5) is 13.2 Å². The quantitative estimate of drug-likeness (QED) is 0.445. The number of carbonyl (C=O) groups is 2. The number of nitrogen functional groups attached to an aromatic ring is 1. The fraction of sp³-hybridized carbons (Fsp3) is 0.312. The Hall–Kier alpha value is -2.82. The number of carboxylic acids is 2. The fourth-order valence-corrected chi connectivity index (χ4v) is 2.82. The van der Waals surface area contributed by atoms with Crippen molar-refractivity contribution in [3.8, 4) is 5.75 Å². The van der Waals surface area contributed by atoms with Gasteiger partial charge in [-0.25, -0.2) is 9.59 Å². The summed E-state index contributed by atoms with van der Waals surface area (Å²) in [4.78, 5) is 20.8. The predicted octanol–water partition coefficient (Wildman–Crippen LogP) is 3.31. The van der Waals surface area contributed by atoms with Crippen molar-refractivity contribution in [2.75, 3.05) is 0 Å². The molecular formula is C16H17F3N2O5S. The lowest BCUT2D eigenvalue weighted by Gasteiger charge is -2.18. The smallest absolute Gasteiger partial charge is 0.478 e. The van der Waals surface area contributed by atoms with E-state index in [4.69, 9.17) is 25.8 Å². The highest BCUT2D eigenvalue weighted by molar-refractivity contribution is 7.20. The van der Waals surface area contributed by atoms with E-state index < -0.39 is 24.2 Å². The molecule has 5 N–H and O–H groups in total. The van der Waals surface area contributed by atoms with Crippen LogP contribution in [0, 0.1) is 11.3 Å². The van der Waals surface area contributed by atoms with Crippen molar-refractivity contribution in [1.29, 1.82) is 5.41 Å². The summed E-state index contributed by atoms with van der Waals surface area (Å²) in [6, 6.07) is 7.19. The number of nitrogens with two attached hydrogens (primary N) is 1. The third kappa shape index (κ3) is 6.13. The first-order valence-electron chi connectivity index (χ1n) is 7.41. The highest BCUT2D eigenvalue weighted by atomic mass is 32.1. The summed E-state index contributed by atoms with van der Waals surface area (Å²) < 4.78 is 38.3. The van der Waals surface area contributed by atoms with E-state index in [0.29, 0.717) is 10.6 Å². The Morgan fingerprint density at radius 3 is 2.22 bits per heavy atom. The maximum Gasteiger partial charge on any atom is 0.490 e. The van der Waals surface area contributed by atoms with Crippen molar-refractivity contribution < 1.29 is 37.7 Å². The molecule has 1 aromatic heterocycles. The SMILES string of the molecule is CC(C)C(Oc1cccc2sc(C(=N)N)cc12)C(=O)O.O=C(O)C(F)(F)F. The lowest BCUT2D eigenvalue weighted by Crippen LogP contribution is -2.32. The van der Waals surface area contributed by atoms with Crippen LogP contribution in [0.2, 0.25) is 0 Å². The lowest BCUT2D eigenvalue weighted by molar-refractivity contribution is -0.192. The molecule has 0 radical (unpaired) electrons. The Kier molecular flexibility index (Phi) is 7.17. The minimum atomic E-state index is -5.08. The van der Waals surface area contributed by atoms with Crippen molar-refractivity contribution in [3.63, 3.8) is 0 Å². The average Bonchev–Trinajstić information content (AvgIpc) is 2.96. The number of alkyl halides is 3. The van der Waals surface area contributed by atoms with Crippen LogP contribution in [-0.4, -0.2) is 40.3 Å². The van der Waals surface area contributed by atoms with Crippen LogP contribution >= 0.6 is 11.3 Å². The maximum absolute atomic E-state index is 11.2. The zero-order chi connectivity index (χ0) is 20.9. The molecule has 1 heterocycles. The number of nitrogens with one attached hydrogen (secondary N) is 1. The number of thiophene rings is 1. The van der Waals surface area contributed by atoms with E-state index in [2.05, 4.69) is 0 Å². The van der Waals surface area contributed by atoms with Crippen molar-refractivity contribution in [2.24, 2.45) is 11.7 Å². The molecule has 0 aliphatic carbocycles. The van der Waals surface area contributed by atoms with Crippen LogP contribution in [0.3, 0.4) is 0 Å². The highest BCUT2D eigenvalue weighted by Gasteiger charge is 2.38. The highest BCUT2D eigenvalue weighted by Crippen LogP contribution is 2.33. The van der Waals surface area contributed by atoms with E-state index in [1.807, 2.05) is 6.07 Å². The van der Waals surface area contributed by atoms with Gasteiger partial charge >= 0.3 is 18.1 Å². The minimum absolute atomic E-state index is 0.00389. The molecule has 0 saturated heterocycles. The summed E-state index contributed by atoms with van der Waals surface area (Å²) in [6.07, 6.45) is -5.98. The molecular weight excluding hydrogens is 389 g/mol. The van der Waals surface area contributed by atoms with E-state index >= 15 is 0 Å². The van der Waals surface area contributed by atoms with Gasteiger partial charge in [-0.15, -0.1) is 11.3 Å². The number of ether oxygens (including phenoxy) is 1. The monoisotopic (exact) mass is 406 g/mol. The maximum atomic E-state index is 11.2. The van der Waals surface area contributed by atoms with Gasteiger partial charge in [0.1, 0.15) is 11.6 Å². The van der Waals surface area contributed by atoms with Gasteiger partial charge in [0.2, 0.25) is 0 Å². The van der Waals surface area contributed by atoms with E-state index in [1.54, 1.807) is 32.0 Å². The Balaban J connectivity index is 0.000000445. The van der Waals surface area contributed by atoms with Gasteiger partial charge in [0.25, 0.3) is 0 Å². The average molecular weight is 406 g/mol. The lowest BCUT2D eigenvalue weighted by atomic mass is 10.1. The number of fused-ring (bicyclic) bond motifs is 1. The summed E-state index contributed by atoms with van der Waals surface area (Å²) in [5.74, 6) is -3.39. The topological polar surface area (TPSA) is 134 Å². The second-order valence-corrected chi connectivity index (χ2v) is 6.70. The van der Waals surface area contributed by atoms with Gasteiger partial charge in [0.05, 0.1) is 4.88 Å². The summed E-state index contributed by atoms with van der Waals surface area (Å²) >= 11 is 1.39. The molecule has 0 aliphatic heterocycles. The van der Waals surface area contributed by atoms with Gasteiger partial charge in [0, 0.05) is 16.0 Å². The van der Waals surface area contributed by atoms with Crippen molar-refractivity contribution in [2.45, 2.75) is 26.1 Å². The third-order valence-electron chi connectivity index (χ3n) is 3.13. The van der Waals surface area contributed by atoms with Gasteiger partial charge in [-0.1, -0.05) is 19.9 Å². The second-order valence-electron chi connectivity index (χ2n) is 5.62. The van der Waals surface area contributed by atoms with Crippen LogP contribution in [-0.2, 0) is 9.59 Å². The first-order valence-corrected chi connectivity index (χ1v) is 8.22. The number of benzene rings is 1. The van der Waals surface area contributed by atoms with E-state index in [1.165, 1.54) is 11.3 Å². The van der Waals surface area contributed by atoms with Crippen molar-refractivity contribution in [1.82, 2.24) is 0 Å². The van der Waals surface area contributed by atoms with Crippen LogP contribution in [0.5, 0.6) is 5.75 Å². The number of hydrogen-bond donors (Lipinski definition) is 4. The summed E-state index contributed by atoms with van der Waals surface area (Å²) in [7, 11) is 0. The molecule has 0 fully saturated rings. The fourth-order valence-electron chi connectivity index (χ4n) is 1.88. The molecule has 0 saturated carbocycles. The van der Waals surface area contributed by atoms with Gasteiger partial charge < -0.3 is 20.7 Å². The van der Waals surface area contributed by atoms with Gasteiger partial charge in [0.15, 0.2) is 6.10 Å². The molecule has 1 aromatic carbocycles. The molecule has 27 heavy (non-hydrogen) atoms. The van der Waals surface area contributed by atoms with Crippen LogP contribution in [0.1, 0.15) is 18.7 Å². The number of amidine groups is 1. The summed E-state index contributed by atoms with van der Waals surface area (Å²) in [5, 5.41) is 24.6. The molecule has 2 aromatic rings. The zero-order valence-electron chi connectivity index (χ0n) is 14.2. The molecule has 0 bridgehead atoms. The molecule has 2 rings (SSSR count). The molecule has 0 spiro atoms. The number of hydrogen-bond acceptors (Lipinski definition) is 5. The Bertz CT molecular complexity index is 848. The molecule has 1 atom stereocenters. The van der Waals surface area contributed by atoms with Gasteiger partial charge in [-0.2, -0.15) is 13.2 Å². The summed E-state index contributed by atoms with van der Waals surface area (Å²) in [5.41, 5.74) is 5.48. The largest absolute Gasteiger partial charge is 0.490 e. The normalized spacial score (nSPS) is 12.2. The predicted molar refractivity (Wildman–Crippen MR) is 93.4 cm³/mol. The Morgan fingerprint density at radius 2 is 1.81 bits per heavy atom. The first-order chi connectivity index (χ1) is 12.3. The third-order valence-corrected chi connectivity index (χ3v) is 4.27. The molecule has 1 unspecified atom stereocenters. The standard InChI is InChI=1S/C14H16N2O3S.C2HF3O2/c1-7(2)12(14(17)18)19-9-4-3-5-10-8(9)6-11(20-10)13(15)16;3-2(4,5)1(6)7/h3-7,12H,1-2H3,(H3,15,16)(H,17,18);(H,6,7). The van der Waals surface area contributed by atoms with Crippen molar-refractivity contribution in [3.05, 3.63) is 29.1 Å². The van der Waals surface area contributed by atoms with Gasteiger partial charge in [-0.05, 0) is 18.2 Å². The summed E-state index contributed by atoms with van der Waals surface area (Å²) in [6.45, 7) is 3.60. The number of aliphatic carboxylic acids is 2. The molecule has 0 aliphatic rings. The Morgan fingerprint density at radius 1 is 1.26 bits per heavy atom. The first kappa shape index (κ1) is 22.2. The van der Waals surface area contributed by atoms with E-state index in [0.717, 1.165) is 10.1 Å². The minimum Gasteiger partial charge on any atom is -0.478 e. The van der Waals surface area contributed by atoms with Crippen LogP contribution in [0.15, 0.2) is 24.3 Å². The molecule has 7 nitrogen and oxygen atoms in total. The second kappa shape index (κ2) is 8.71. The van der Waals surface area contributed by atoms with Gasteiger partial charge in [-0.3, -0.25) is 5.41 Å². The molecule has 0 amide bonds. The number of rotatable bonds is 5. The van der Waals surface area contributed by atoms with E-state index in [9.17, 15) is 23.1 Å². The molecule has 11 heteroatoms. The molecule has 148 valence electrons. The van der Waals surface area contributed by atoms with Crippen LogP contribution in [0.25, 0.3) is 10.1 Å². The number of halogens is 3. The zero-order valence-corrected chi connectivity index (χ0v) is 15.0. The number of carboxylic acid groups (broad SMARTS) is 2.